The first-order valence-corrected chi connectivity index (χ1v) is 8.93. The van der Waals surface area contributed by atoms with Crippen molar-refractivity contribution < 1.29 is 33.0 Å². The van der Waals surface area contributed by atoms with Crippen LogP contribution in [0.25, 0.3) is 11.4 Å². The summed E-state index contributed by atoms with van der Waals surface area (Å²) in [5, 5.41) is 11.9. The summed E-state index contributed by atoms with van der Waals surface area (Å²) in [6.45, 7) is 1.81. The highest BCUT2D eigenvalue weighted by molar-refractivity contribution is 5.89. The molecular weight excluding hydrogens is 390 g/mol. The molecule has 1 amide bonds. The number of rotatable bonds is 5. The minimum Gasteiger partial charge on any atom is -0.491 e. The molecule has 0 saturated carbocycles. The number of hydrogen-bond donors (Lipinski definition) is 2. The van der Waals surface area contributed by atoms with Gasteiger partial charge in [0, 0.05) is 18.0 Å². The number of halogens is 2. The Hall–Kier alpha value is -3.37. The highest BCUT2D eigenvalue weighted by atomic mass is 19.3. The maximum atomic E-state index is 13.3. The van der Waals surface area contributed by atoms with Crippen molar-refractivity contribution in [1.29, 1.82) is 0 Å². The van der Waals surface area contributed by atoms with Crippen molar-refractivity contribution in [2.45, 2.75) is 32.0 Å². The Balaban J connectivity index is 1.68. The monoisotopic (exact) mass is 408 g/mol. The number of aromatic nitrogens is 2. The zero-order valence-corrected chi connectivity index (χ0v) is 15.3. The molecule has 3 heterocycles. The van der Waals surface area contributed by atoms with Crippen LogP contribution in [0, 0.1) is 0 Å². The van der Waals surface area contributed by atoms with E-state index in [4.69, 9.17) is 14.6 Å². The molecule has 1 saturated heterocycles. The van der Waals surface area contributed by atoms with Crippen LogP contribution in [0.2, 0.25) is 0 Å². The van der Waals surface area contributed by atoms with E-state index < -0.39 is 37.2 Å². The number of anilines is 2. The number of cyclic esters (lactones) is 1. The number of fused-ring (bicyclic) bond motifs is 3. The SMILES string of the molecule is C[C@H](Nc1ccc2c(c1)OCCn1cc(N3C(=O)OC[C@H]3C(F)F)nc1-2)C(=O)O. The Bertz CT molecular complexity index is 964. The fourth-order valence-corrected chi connectivity index (χ4v) is 3.27. The van der Waals surface area contributed by atoms with Crippen molar-refractivity contribution in [3.05, 3.63) is 24.4 Å². The Morgan fingerprint density at radius 2 is 2.17 bits per heavy atom. The van der Waals surface area contributed by atoms with Crippen molar-refractivity contribution >= 4 is 23.6 Å². The summed E-state index contributed by atoms with van der Waals surface area (Å²) in [6, 6.07) is 2.86. The number of benzene rings is 1. The summed E-state index contributed by atoms with van der Waals surface area (Å²) < 4.78 is 38.8. The second kappa shape index (κ2) is 7.22. The molecule has 1 aromatic carbocycles. The van der Waals surface area contributed by atoms with Gasteiger partial charge in [0.25, 0.3) is 6.43 Å². The number of ether oxygens (including phenoxy) is 2. The van der Waals surface area contributed by atoms with E-state index in [1.807, 2.05) is 0 Å². The Morgan fingerprint density at radius 1 is 1.38 bits per heavy atom. The van der Waals surface area contributed by atoms with Crippen LogP contribution in [0.4, 0.5) is 25.1 Å². The van der Waals surface area contributed by atoms with E-state index in [9.17, 15) is 18.4 Å². The molecule has 0 aliphatic carbocycles. The third-order valence-electron chi connectivity index (χ3n) is 4.77. The van der Waals surface area contributed by atoms with Crippen molar-refractivity contribution in [3.8, 4) is 17.1 Å². The minimum atomic E-state index is -2.76. The number of aliphatic carboxylic acids is 1. The van der Waals surface area contributed by atoms with Gasteiger partial charge in [0.15, 0.2) is 5.82 Å². The van der Waals surface area contributed by atoms with Crippen LogP contribution >= 0.6 is 0 Å². The lowest BCUT2D eigenvalue weighted by Crippen LogP contribution is -2.38. The second-order valence-electron chi connectivity index (χ2n) is 6.73. The van der Waals surface area contributed by atoms with Crippen LogP contribution < -0.4 is 15.0 Å². The van der Waals surface area contributed by atoms with E-state index >= 15 is 0 Å². The van der Waals surface area contributed by atoms with Gasteiger partial charge in [-0.25, -0.2) is 23.5 Å². The molecule has 2 atom stereocenters. The second-order valence-corrected chi connectivity index (χ2v) is 6.73. The van der Waals surface area contributed by atoms with Gasteiger partial charge in [0.2, 0.25) is 0 Å². The maximum absolute atomic E-state index is 13.3. The highest BCUT2D eigenvalue weighted by Gasteiger charge is 2.42. The summed E-state index contributed by atoms with van der Waals surface area (Å²) in [4.78, 5) is 28.3. The van der Waals surface area contributed by atoms with Gasteiger partial charge in [0.1, 0.15) is 36.9 Å². The van der Waals surface area contributed by atoms with Gasteiger partial charge < -0.3 is 24.5 Å². The van der Waals surface area contributed by atoms with Crippen molar-refractivity contribution in [3.63, 3.8) is 0 Å². The zero-order valence-electron chi connectivity index (χ0n) is 15.3. The summed E-state index contributed by atoms with van der Waals surface area (Å²) >= 11 is 0. The molecule has 2 N–H and O–H groups in total. The molecule has 0 radical (unpaired) electrons. The summed E-state index contributed by atoms with van der Waals surface area (Å²) in [7, 11) is 0. The predicted molar refractivity (Wildman–Crippen MR) is 97.5 cm³/mol. The van der Waals surface area contributed by atoms with Gasteiger partial charge in [-0.1, -0.05) is 0 Å². The van der Waals surface area contributed by atoms with Crippen molar-refractivity contribution in [2.24, 2.45) is 0 Å². The number of carbonyl (C=O) groups is 2. The minimum absolute atomic E-state index is 0.0855. The number of nitrogens with zero attached hydrogens (tertiary/aromatic N) is 3. The van der Waals surface area contributed by atoms with Gasteiger partial charge in [-0.2, -0.15) is 0 Å². The average Bonchev–Trinajstić information content (AvgIpc) is 3.21. The zero-order chi connectivity index (χ0) is 20.7. The molecule has 9 nitrogen and oxygen atoms in total. The number of carboxylic acids is 1. The predicted octanol–water partition coefficient (Wildman–Crippen LogP) is 2.42. The fraction of sp³-hybridized carbons (Fsp3) is 0.389. The van der Waals surface area contributed by atoms with Gasteiger partial charge in [0.05, 0.1) is 12.1 Å². The number of hydrogen-bond acceptors (Lipinski definition) is 6. The molecule has 154 valence electrons. The Labute approximate surface area is 163 Å². The lowest BCUT2D eigenvalue weighted by Gasteiger charge is -2.17. The molecular formula is C18H18F2N4O5. The van der Waals surface area contributed by atoms with Gasteiger partial charge in [-0.05, 0) is 19.1 Å². The van der Waals surface area contributed by atoms with Gasteiger partial charge in [-0.3, -0.25) is 4.79 Å². The van der Waals surface area contributed by atoms with Gasteiger partial charge in [-0.15, -0.1) is 0 Å². The third-order valence-corrected chi connectivity index (χ3v) is 4.77. The lowest BCUT2D eigenvalue weighted by molar-refractivity contribution is -0.137. The fourth-order valence-electron chi connectivity index (χ4n) is 3.27. The van der Waals surface area contributed by atoms with E-state index in [2.05, 4.69) is 10.3 Å². The quantitative estimate of drug-likeness (QED) is 0.783. The normalized spacial score (nSPS) is 19.1. The summed E-state index contributed by atoms with van der Waals surface area (Å²) in [5.41, 5.74) is 1.16. The Morgan fingerprint density at radius 3 is 2.90 bits per heavy atom. The highest BCUT2D eigenvalue weighted by Crippen LogP contribution is 2.36. The van der Waals surface area contributed by atoms with Crippen molar-refractivity contribution in [2.75, 3.05) is 23.4 Å². The molecule has 1 fully saturated rings. The molecule has 2 aliphatic heterocycles. The number of nitrogens with one attached hydrogen (secondary N) is 1. The van der Waals surface area contributed by atoms with E-state index in [1.165, 1.54) is 13.1 Å². The van der Waals surface area contributed by atoms with Crippen LogP contribution in [0.5, 0.6) is 5.75 Å². The van der Waals surface area contributed by atoms with E-state index in [0.29, 0.717) is 29.4 Å². The first kappa shape index (κ1) is 19.0. The van der Waals surface area contributed by atoms with Crippen molar-refractivity contribution in [1.82, 2.24) is 9.55 Å². The molecule has 2 aromatic rings. The largest absolute Gasteiger partial charge is 0.491 e. The average molecular weight is 408 g/mol. The topological polar surface area (TPSA) is 106 Å². The van der Waals surface area contributed by atoms with E-state index in [0.717, 1.165) is 4.90 Å². The smallest absolute Gasteiger partial charge is 0.416 e. The van der Waals surface area contributed by atoms with Crippen LogP contribution in [-0.4, -0.2) is 58.4 Å². The van der Waals surface area contributed by atoms with Crippen LogP contribution in [-0.2, 0) is 16.1 Å². The lowest BCUT2D eigenvalue weighted by atomic mass is 10.1. The number of carboxylic acid groups (broad SMARTS) is 1. The first-order valence-electron chi connectivity index (χ1n) is 8.93. The van der Waals surface area contributed by atoms with Gasteiger partial charge >= 0.3 is 12.1 Å². The van der Waals surface area contributed by atoms with Crippen LogP contribution in [0.3, 0.4) is 0 Å². The number of alkyl halides is 2. The maximum Gasteiger partial charge on any atom is 0.416 e. The number of imidazole rings is 1. The molecule has 0 unspecified atom stereocenters. The summed E-state index contributed by atoms with van der Waals surface area (Å²) in [6.07, 6.45) is -2.10. The molecule has 4 rings (SSSR count). The van der Waals surface area contributed by atoms with E-state index in [1.54, 1.807) is 22.8 Å². The number of amides is 1. The number of carbonyl (C=O) groups excluding carboxylic acids is 1. The standard InChI is InChI=1S/C18H18F2N4O5/c1-9(17(25)26)21-10-2-3-11-13(6-10)28-5-4-23-7-14(22-16(11)23)24-12(15(19)20)8-29-18(24)27/h2-3,6-7,9,12,15,21H,4-5,8H2,1H3,(H,25,26)/t9-,12-/m0/s1. The molecule has 1 aromatic heterocycles. The van der Waals surface area contributed by atoms with E-state index in [-0.39, 0.29) is 12.4 Å². The van der Waals surface area contributed by atoms with Crippen LogP contribution in [0.15, 0.2) is 24.4 Å². The molecule has 0 spiro atoms. The molecule has 29 heavy (non-hydrogen) atoms. The summed E-state index contributed by atoms with van der Waals surface area (Å²) in [5.74, 6) is 0.0189. The molecule has 2 aliphatic rings. The first-order chi connectivity index (χ1) is 13.8. The molecule has 0 bridgehead atoms. The third kappa shape index (κ3) is 3.43. The Kier molecular flexibility index (Phi) is 4.73. The molecule has 11 heteroatoms. The van der Waals surface area contributed by atoms with Crippen LogP contribution in [0.1, 0.15) is 6.92 Å².